The number of rotatable bonds is 7. The summed E-state index contributed by atoms with van der Waals surface area (Å²) in [6.07, 6.45) is 1.66. The van der Waals surface area contributed by atoms with Crippen LogP contribution in [-0.2, 0) is 11.2 Å². The highest BCUT2D eigenvalue weighted by Crippen LogP contribution is 2.30. The monoisotopic (exact) mass is 376 g/mol. The predicted octanol–water partition coefficient (Wildman–Crippen LogP) is 4.65. The Morgan fingerprint density at radius 1 is 1.32 bits per heavy atom. The van der Waals surface area contributed by atoms with Gasteiger partial charge in [0, 0.05) is 29.0 Å². The molecule has 25 heavy (non-hydrogen) atoms. The molecule has 0 aromatic carbocycles. The van der Waals surface area contributed by atoms with Gasteiger partial charge in [0.05, 0.1) is 10.6 Å². The van der Waals surface area contributed by atoms with Crippen LogP contribution in [0.5, 0.6) is 0 Å². The molecule has 0 radical (unpaired) electrons. The van der Waals surface area contributed by atoms with Crippen LogP contribution in [-0.4, -0.2) is 21.0 Å². The van der Waals surface area contributed by atoms with Crippen molar-refractivity contribution in [2.75, 3.05) is 5.32 Å². The third-order valence-corrected chi connectivity index (χ3v) is 5.32. The number of thiophene rings is 1. The molecule has 0 fully saturated rings. The van der Waals surface area contributed by atoms with Crippen molar-refractivity contribution in [1.29, 1.82) is 0 Å². The van der Waals surface area contributed by atoms with Gasteiger partial charge in [0.2, 0.25) is 11.8 Å². The van der Waals surface area contributed by atoms with Gasteiger partial charge in [-0.15, -0.1) is 22.7 Å². The molecule has 0 atom stereocenters. The quantitative estimate of drug-likeness (QED) is 0.649. The van der Waals surface area contributed by atoms with Gasteiger partial charge in [-0.3, -0.25) is 4.79 Å². The maximum atomic E-state index is 12.1. The average Bonchev–Trinajstić information content (AvgIpc) is 3.27. The second kappa shape index (κ2) is 7.88. The first-order chi connectivity index (χ1) is 12.0. The highest BCUT2D eigenvalue weighted by Gasteiger charge is 2.12. The molecule has 0 unspecified atom stereocenters. The highest BCUT2D eigenvalue weighted by atomic mass is 32.1. The Hall–Kier alpha value is -2.06. The molecule has 0 aliphatic carbocycles. The number of hydrogen-bond donors (Lipinski definition) is 1. The van der Waals surface area contributed by atoms with Gasteiger partial charge in [-0.25, -0.2) is 4.98 Å². The van der Waals surface area contributed by atoms with Crippen LogP contribution in [0.25, 0.3) is 10.6 Å². The molecule has 3 aromatic heterocycles. The van der Waals surface area contributed by atoms with Gasteiger partial charge < -0.3 is 9.84 Å². The van der Waals surface area contributed by atoms with Gasteiger partial charge in [-0.05, 0) is 25.5 Å². The largest absolute Gasteiger partial charge is 0.339 e. The lowest BCUT2D eigenvalue weighted by Crippen LogP contribution is -2.11. The number of carbonyl (C=O) groups is 1. The Morgan fingerprint density at radius 2 is 2.16 bits per heavy atom. The lowest BCUT2D eigenvalue weighted by molar-refractivity contribution is -0.116. The number of aryl methyl sites for hydroxylation is 2. The number of carbonyl (C=O) groups excluding carboxylic acids is 1. The number of thiazole rings is 1. The minimum absolute atomic E-state index is 0.0492. The summed E-state index contributed by atoms with van der Waals surface area (Å²) in [6, 6.07) is 4.12. The maximum Gasteiger partial charge on any atom is 0.226 e. The van der Waals surface area contributed by atoms with Crippen molar-refractivity contribution >= 4 is 33.7 Å². The number of hydrogen-bond acceptors (Lipinski definition) is 7. The van der Waals surface area contributed by atoms with E-state index in [9.17, 15) is 4.79 Å². The Kier molecular flexibility index (Phi) is 5.60. The van der Waals surface area contributed by atoms with E-state index in [1.165, 1.54) is 16.2 Å². The lowest BCUT2D eigenvalue weighted by Gasteiger charge is -2.00. The van der Waals surface area contributed by atoms with Crippen molar-refractivity contribution in [3.63, 3.8) is 0 Å². The second-order valence-electron chi connectivity index (χ2n) is 6.05. The summed E-state index contributed by atoms with van der Waals surface area (Å²) < 4.78 is 5.18. The summed E-state index contributed by atoms with van der Waals surface area (Å²) in [4.78, 5) is 23.2. The first-order valence-electron chi connectivity index (χ1n) is 8.16. The molecular weight excluding hydrogens is 356 g/mol. The van der Waals surface area contributed by atoms with Gasteiger partial charge in [-0.2, -0.15) is 4.98 Å². The van der Waals surface area contributed by atoms with Crippen LogP contribution in [0, 0.1) is 6.92 Å². The van der Waals surface area contributed by atoms with Crippen molar-refractivity contribution < 1.29 is 9.32 Å². The Bertz CT molecular complexity index is 850. The van der Waals surface area contributed by atoms with Crippen LogP contribution in [0.3, 0.4) is 0 Å². The number of aromatic nitrogens is 3. The number of amides is 1. The molecule has 8 heteroatoms. The van der Waals surface area contributed by atoms with Gasteiger partial charge in [-0.1, -0.05) is 19.0 Å². The predicted molar refractivity (Wildman–Crippen MR) is 100 cm³/mol. The van der Waals surface area contributed by atoms with E-state index in [4.69, 9.17) is 4.52 Å². The maximum absolute atomic E-state index is 12.1. The minimum atomic E-state index is -0.0492. The van der Waals surface area contributed by atoms with Gasteiger partial charge in [0.1, 0.15) is 0 Å². The number of anilines is 1. The molecule has 3 rings (SSSR count). The number of nitrogens with zero attached hydrogens (tertiary/aromatic N) is 3. The van der Waals surface area contributed by atoms with E-state index in [0.29, 0.717) is 36.1 Å². The van der Waals surface area contributed by atoms with Crippen molar-refractivity contribution in [2.24, 2.45) is 0 Å². The van der Waals surface area contributed by atoms with Crippen LogP contribution >= 0.6 is 22.7 Å². The topological polar surface area (TPSA) is 80.9 Å². The van der Waals surface area contributed by atoms with E-state index < -0.39 is 0 Å². The van der Waals surface area contributed by atoms with Crippen LogP contribution in [0.4, 0.5) is 5.13 Å². The fourth-order valence-corrected chi connectivity index (χ4v) is 3.83. The molecule has 132 valence electrons. The van der Waals surface area contributed by atoms with Gasteiger partial charge in [0.15, 0.2) is 11.0 Å². The molecule has 0 saturated heterocycles. The Balaban J connectivity index is 1.47. The zero-order valence-electron chi connectivity index (χ0n) is 14.4. The standard InChI is InChI=1S/C17H20N4O2S2/c1-10(2)16-20-15(23-21-16)6-4-5-14(22)19-17-18-12(9-24-17)13-8-7-11(3)25-13/h7-10H,4-6H2,1-3H3,(H,18,19,22). The number of nitrogens with one attached hydrogen (secondary N) is 1. The minimum Gasteiger partial charge on any atom is -0.339 e. The van der Waals surface area contributed by atoms with Crippen LogP contribution in [0.2, 0.25) is 0 Å². The third kappa shape index (κ3) is 4.73. The molecule has 0 aliphatic heterocycles. The molecule has 3 heterocycles. The zero-order valence-corrected chi connectivity index (χ0v) is 16.0. The first kappa shape index (κ1) is 17.8. The van der Waals surface area contributed by atoms with E-state index in [0.717, 1.165) is 10.6 Å². The molecule has 0 bridgehead atoms. The van der Waals surface area contributed by atoms with Gasteiger partial charge in [0.25, 0.3) is 0 Å². The van der Waals surface area contributed by atoms with E-state index >= 15 is 0 Å². The van der Waals surface area contributed by atoms with E-state index in [1.807, 2.05) is 19.2 Å². The van der Waals surface area contributed by atoms with E-state index in [2.05, 4.69) is 39.5 Å². The molecule has 0 aliphatic rings. The summed E-state index contributed by atoms with van der Waals surface area (Å²) in [5, 5.41) is 9.37. The molecular formula is C17H20N4O2S2. The lowest BCUT2D eigenvalue weighted by atomic mass is 10.2. The summed E-state index contributed by atoms with van der Waals surface area (Å²) in [5.41, 5.74) is 0.908. The van der Waals surface area contributed by atoms with Crippen LogP contribution in [0.15, 0.2) is 22.0 Å². The third-order valence-electron chi connectivity index (χ3n) is 3.54. The summed E-state index contributed by atoms with van der Waals surface area (Å²) in [5.74, 6) is 1.48. The van der Waals surface area contributed by atoms with Crippen molar-refractivity contribution in [3.8, 4) is 10.6 Å². The molecule has 0 spiro atoms. The molecule has 0 saturated carbocycles. The van der Waals surface area contributed by atoms with E-state index in [-0.39, 0.29) is 11.8 Å². The molecule has 3 aromatic rings. The van der Waals surface area contributed by atoms with Gasteiger partial charge >= 0.3 is 0 Å². The van der Waals surface area contributed by atoms with Crippen molar-refractivity contribution in [3.05, 3.63) is 34.1 Å². The van der Waals surface area contributed by atoms with Crippen molar-refractivity contribution in [1.82, 2.24) is 15.1 Å². The Labute approximate surface area is 154 Å². The Morgan fingerprint density at radius 3 is 2.84 bits per heavy atom. The zero-order chi connectivity index (χ0) is 17.8. The summed E-state index contributed by atoms with van der Waals surface area (Å²) in [7, 11) is 0. The van der Waals surface area contributed by atoms with Crippen LogP contribution < -0.4 is 5.32 Å². The highest BCUT2D eigenvalue weighted by molar-refractivity contribution is 7.17. The smallest absolute Gasteiger partial charge is 0.226 e. The average molecular weight is 377 g/mol. The summed E-state index contributed by atoms with van der Waals surface area (Å²) >= 11 is 3.14. The van der Waals surface area contributed by atoms with Crippen LogP contribution in [0.1, 0.15) is 49.2 Å². The summed E-state index contributed by atoms with van der Waals surface area (Å²) in [6.45, 7) is 6.10. The van der Waals surface area contributed by atoms with E-state index in [1.54, 1.807) is 11.3 Å². The fraction of sp³-hybridized carbons (Fsp3) is 0.412. The normalized spacial score (nSPS) is 11.2. The fourth-order valence-electron chi connectivity index (χ4n) is 2.20. The first-order valence-corrected chi connectivity index (χ1v) is 9.85. The SMILES string of the molecule is Cc1ccc(-c2csc(NC(=O)CCCc3nc(C(C)C)no3)n2)s1. The molecule has 6 nitrogen and oxygen atoms in total. The molecule has 1 N–H and O–H groups in total. The second-order valence-corrected chi connectivity index (χ2v) is 8.20. The van der Waals surface area contributed by atoms with Crippen molar-refractivity contribution in [2.45, 2.75) is 46.0 Å². The molecule has 1 amide bonds.